The molecule has 0 amide bonds. The number of hydrogen-bond donors (Lipinski definition) is 2. The van der Waals surface area contributed by atoms with E-state index in [0.717, 1.165) is 31.9 Å². The maximum atomic E-state index is 5.72. The maximum Gasteiger partial charge on any atom is 0.146 e. The van der Waals surface area contributed by atoms with Gasteiger partial charge < -0.3 is 16.0 Å². The van der Waals surface area contributed by atoms with E-state index in [1.165, 1.54) is 0 Å². The Labute approximate surface area is 91.5 Å². The van der Waals surface area contributed by atoms with Crippen LogP contribution in [0.2, 0.25) is 0 Å². The van der Waals surface area contributed by atoms with E-state index in [2.05, 4.69) is 29.0 Å². The lowest BCUT2D eigenvalue weighted by atomic mass is 10.3. The minimum Gasteiger partial charge on any atom is -0.382 e. The molecule has 0 radical (unpaired) electrons. The quantitative estimate of drug-likeness (QED) is 0.742. The number of nitrogen functional groups attached to an aromatic ring is 1. The van der Waals surface area contributed by atoms with Crippen LogP contribution in [-0.4, -0.2) is 36.1 Å². The minimum absolute atomic E-state index is 0.567. The predicted octanol–water partition coefficient (Wildman–Crippen LogP) is 1.42. The lowest BCUT2D eigenvalue weighted by Crippen LogP contribution is -2.28. The zero-order valence-electron chi connectivity index (χ0n) is 9.53. The Kier molecular flexibility index (Phi) is 4.90. The van der Waals surface area contributed by atoms with Gasteiger partial charge in [-0.2, -0.15) is 0 Å². The Hall–Kier alpha value is -1.29. The van der Waals surface area contributed by atoms with Gasteiger partial charge in [-0.15, -0.1) is 0 Å². The first-order valence-corrected chi connectivity index (χ1v) is 5.44. The highest BCUT2D eigenvalue weighted by molar-refractivity contribution is 5.60. The molecule has 0 fully saturated rings. The summed E-state index contributed by atoms with van der Waals surface area (Å²) in [5.74, 6) is 0.567. The molecule has 0 spiro atoms. The number of nitrogens with zero attached hydrogens (tertiary/aromatic N) is 2. The van der Waals surface area contributed by atoms with E-state index in [4.69, 9.17) is 5.73 Å². The summed E-state index contributed by atoms with van der Waals surface area (Å²) >= 11 is 0. The summed E-state index contributed by atoms with van der Waals surface area (Å²) in [6, 6.07) is 3.83. The first kappa shape index (κ1) is 11.8. The van der Waals surface area contributed by atoms with Gasteiger partial charge in [-0.05, 0) is 25.2 Å². The SMILES string of the molecule is CCN(CC)CCNc1cccnc1N. The van der Waals surface area contributed by atoms with Crippen LogP contribution in [0.5, 0.6) is 0 Å². The summed E-state index contributed by atoms with van der Waals surface area (Å²) in [6.45, 7) is 8.43. The molecule has 15 heavy (non-hydrogen) atoms. The number of aromatic nitrogens is 1. The lowest BCUT2D eigenvalue weighted by Gasteiger charge is -2.18. The van der Waals surface area contributed by atoms with Crippen molar-refractivity contribution in [2.24, 2.45) is 0 Å². The molecule has 0 saturated carbocycles. The van der Waals surface area contributed by atoms with Gasteiger partial charge in [0.15, 0.2) is 0 Å². The van der Waals surface area contributed by atoms with E-state index in [1.54, 1.807) is 6.20 Å². The summed E-state index contributed by atoms with van der Waals surface area (Å²) in [7, 11) is 0. The van der Waals surface area contributed by atoms with Crippen LogP contribution in [0.4, 0.5) is 11.5 Å². The second kappa shape index (κ2) is 6.24. The summed E-state index contributed by atoms with van der Waals surface area (Å²) < 4.78 is 0. The fourth-order valence-corrected chi connectivity index (χ4v) is 1.46. The largest absolute Gasteiger partial charge is 0.382 e. The molecule has 1 aromatic rings. The number of likely N-dealkylation sites (N-methyl/N-ethyl adjacent to an activating group) is 1. The standard InChI is InChI=1S/C11H20N4/c1-3-15(4-2)9-8-13-10-6-5-7-14-11(10)12/h5-7,13H,3-4,8-9H2,1-2H3,(H2,12,14). The van der Waals surface area contributed by atoms with Gasteiger partial charge in [-0.1, -0.05) is 13.8 Å². The van der Waals surface area contributed by atoms with E-state index < -0.39 is 0 Å². The van der Waals surface area contributed by atoms with Crippen molar-refractivity contribution in [1.29, 1.82) is 0 Å². The molecule has 0 aliphatic carbocycles. The fraction of sp³-hybridized carbons (Fsp3) is 0.545. The molecule has 3 N–H and O–H groups in total. The van der Waals surface area contributed by atoms with Crippen molar-refractivity contribution >= 4 is 11.5 Å². The fourth-order valence-electron chi connectivity index (χ4n) is 1.46. The molecule has 0 aliphatic rings. The van der Waals surface area contributed by atoms with E-state index in [1.807, 2.05) is 12.1 Å². The first-order valence-electron chi connectivity index (χ1n) is 5.44. The number of nitrogens with two attached hydrogens (primary N) is 1. The molecule has 0 bridgehead atoms. The molecule has 0 unspecified atom stereocenters. The highest BCUT2D eigenvalue weighted by atomic mass is 15.1. The van der Waals surface area contributed by atoms with Gasteiger partial charge in [0.2, 0.25) is 0 Å². The topological polar surface area (TPSA) is 54.2 Å². The third-order valence-electron chi connectivity index (χ3n) is 2.48. The molecule has 4 nitrogen and oxygen atoms in total. The van der Waals surface area contributed by atoms with Crippen LogP contribution in [0.15, 0.2) is 18.3 Å². The number of rotatable bonds is 6. The molecule has 1 rings (SSSR count). The number of anilines is 2. The van der Waals surface area contributed by atoms with Crippen molar-refractivity contribution in [3.05, 3.63) is 18.3 Å². The minimum atomic E-state index is 0.567. The van der Waals surface area contributed by atoms with Gasteiger partial charge in [0.1, 0.15) is 5.82 Å². The molecule has 84 valence electrons. The molecular formula is C11H20N4. The third kappa shape index (κ3) is 3.75. The van der Waals surface area contributed by atoms with Crippen molar-refractivity contribution in [1.82, 2.24) is 9.88 Å². The van der Waals surface area contributed by atoms with Crippen LogP contribution in [0, 0.1) is 0 Å². The van der Waals surface area contributed by atoms with Crippen LogP contribution in [0.3, 0.4) is 0 Å². The Bertz CT molecular complexity index is 284. The Balaban J connectivity index is 2.34. The van der Waals surface area contributed by atoms with Crippen molar-refractivity contribution < 1.29 is 0 Å². The Morgan fingerprint density at radius 3 is 2.73 bits per heavy atom. The van der Waals surface area contributed by atoms with Gasteiger partial charge in [-0.25, -0.2) is 4.98 Å². The van der Waals surface area contributed by atoms with Gasteiger partial charge >= 0.3 is 0 Å². The average molecular weight is 208 g/mol. The third-order valence-corrected chi connectivity index (χ3v) is 2.48. The normalized spacial score (nSPS) is 10.6. The summed E-state index contributed by atoms with van der Waals surface area (Å²) in [5.41, 5.74) is 6.64. The monoisotopic (exact) mass is 208 g/mol. The molecule has 0 aliphatic heterocycles. The highest BCUT2D eigenvalue weighted by Crippen LogP contribution is 2.12. The average Bonchev–Trinajstić information content (AvgIpc) is 2.27. The zero-order chi connectivity index (χ0) is 11.1. The second-order valence-electron chi connectivity index (χ2n) is 3.39. The van der Waals surface area contributed by atoms with Crippen LogP contribution in [0.25, 0.3) is 0 Å². The van der Waals surface area contributed by atoms with Crippen LogP contribution in [0.1, 0.15) is 13.8 Å². The molecule has 1 aromatic heterocycles. The van der Waals surface area contributed by atoms with Crippen molar-refractivity contribution in [3.63, 3.8) is 0 Å². The Morgan fingerprint density at radius 1 is 1.40 bits per heavy atom. The smallest absolute Gasteiger partial charge is 0.146 e. The van der Waals surface area contributed by atoms with E-state index in [0.29, 0.717) is 5.82 Å². The maximum absolute atomic E-state index is 5.72. The van der Waals surface area contributed by atoms with E-state index in [9.17, 15) is 0 Å². The van der Waals surface area contributed by atoms with Crippen LogP contribution < -0.4 is 11.1 Å². The molecule has 4 heteroatoms. The van der Waals surface area contributed by atoms with Gasteiger partial charge in [0.05, 0.1) is 5.69 Å². The van der Waals surface area contributed by atoms with E-state index >= 15 is 0 Å². The van der Waals surface area contributed by atoms with Crippen molar-refractivity contribution in [2.45, 2.75) is 13.8 Å². The predicted molar refractivity (Wildman–Crippen MR) is 64.9 cm³/mol. The zero-order valence-corrected chi connectivity index (χ0v) is 9.53. The summed E-state index contributed by atoms with van der Waals surface area (Å²) in [6.07, 6.45) is 1.70. The molecule has 0 saturated heterocycles. The van der Waals surface area contributed by atoms with Crippen LogP contribution >= 0.6 is 0 Å². The lowest BCUT2D eigenvalue weighted by molar-refractivity contribution is 0.316. The van der Waals surface area contributed by atoms with Gasteiger partial charge in [0, 0.05) is 19.3 Å². The first-order chi connectivity index (χ1) is 7.27. The molecule has 0 aromatic carbocycles. The highest BCUT2D eigenvalue weighted by Gasteiger charge is 2.00. The number of hydrogen-bond acceptors (Lipinski definition) is 4. The summed E-state index contributed by atoms with van der Waals surface area (Å²) in [4.78, 5) is 6.38. The summed E-state index contributed by atoms with van der Waals surface area (Å²) in [5, 5.41) is 3.28. The molecular weight excluding hydrogens is 188 g/mol. The molecule has 0 atom stereocenters. The van der Waals surface area contributed by atoms with Crippen molar-refractivity contribution in [3.8, 4) is 0 Å². The van der Waals surface area contributed by atoms with Gasteiger partial charge in [-0.3, -0.25) is 0 Å². The van der Waals surface area contributed by atoms with Crippen LogP contribution in [-0.2, 0) is 0 Å². The Morgan fingerprint density at radius 2 is 2.13 bits per heavy atom. The second-order valence-corrected chi connectivity index (χ2v) is 3.39. The van der Waals surface area contributed by atoms with Crippen molar-refractivity contribution in [2.75, 3.05) is 37.2 Å². The van der Waals surface area contributed by atoms with Gasteiger partial charge in [0.25, 0.3) is 0 Å². The number of nitrogens with one attached hydrogen (secondary N) is 1. The number of pyridine rings is 1. The van der Waals surface area contributed by atoms with E-state index in [-0.39, 0.29) is 0 Å². The molecule has 1 heterocycles.